The van der Waals surface area contributed by atoms with Gasteiger partial charge in [0, 0.05) is 38.5 Å². The molecule has 0 aromatic heterocycles. The molecule has 3 heteroatoms. The van der Waals surface area contributed by atoms with Crippen LogP contribution in [-0.4, -0.2) is 13.2 Å². The number of benzene rings is 1. The van der Waals surface area contributed by atoms with Crippen molar-refractivity contribution in [1.82, 2.24) is 0 Å². The van der Waals surface area contributed by atoms with Gasteiger partial charge in [-0.25, -0.2) is 0 Å². The van der Waals surface area contributed by atoms with E-state index < -0.39 is 0 Å². The second kappa shape index (κ2) is 22.2. The zero-order chi connectivity index (χ0) is 16.6. The van der Waals surface area contributed by atoms with Gasteiger partial charge in [0.15, 0.2) is 0 Å². The van der Waals surface area contributed by atoms with Crippen molar-refractivity contribution >= 4 is 0 Å². The van der Waals surface area contributed by atoms with E-state index in [0.717, 1.165) is 22.6 Å². The first-order chi connectivity index (χ1) is 9.77. The predicted octanol–water partition coefficient (Wildman–Crippen LogP) is 5.98. The van der Waals surface area contributed by atoms with E-state index in [2.05, 4.69) is 6.07 Å². The minimum Gasteiger partial charge on any atom is -0.544 e. The summed E-state index contributed by atoms with van der Waals surface area (Å²) >= 11 is 0. The fraction of sp³-hybridized carbons (Fsp3) is 0.667. The Morgan fingerprint density at radius 1 is 0.810 bits per heavy atom. The van der Waals surface area contributed by atoms with Crippen LogP contribution in [0.4, 0.5) is 0 Å². The van der Waals surface area contributed by atoms with Crippen LogP contribution < -0.4 is 9.47 Å². The third-order valence-corrected chi connectivity index (χ3v) is 1.88. The van der Waals surface area contributed by atoms with Gasteiger partial charge in [0.1, 0.15) is 13.2 Å². The van der Waals surface area contributed by atoms with Crippen molar-refractivity contribution < 1.29 is 42.2 Å². The second-order valence-corrected chi connectivity index (χ2v) is 2.99. The Labute approximate surface area is 158 Å². The molecule has 2 nitrogen and oxygen atoms in total. The number of rotatable bonds is 0. The second-order valence-electron chi connectivity index (χ2n) is 2.99. The van der Waals surface area contributed by atoms with Gasteiger partial charge in [0.05, 0.1) is 5.75 Å². The Morgan fingerprint density at radius 3 is 1.71 bits per heavy atom. The van der Waals surface area contributed by atoms with Gasteiger partial charge in [-0.05, 0) is 0 Å². The first-order valence-electron chi connectivity index (χ1n) is 8.06. The molecule has 0 N–H and O–H groups in total. The number of hydrogen-bond donors (Lipinski definition) is 0. The van der Waals surface area contributed by atoms with Crippen molar-refractivity contribution in [2.24, 2.45) is 0 Å². The summed E-state index contributed by atoms with van der Waals surface area (Å²) in [6, 6.07) is 5.17. The summed E-state index contributed by atoms with van der Waals surface area (Å²) in [5.74, 6) is 1.62. The molecule has 0 saturated heterocycles. The molecule has 1 aliphatic rings. The van der Waals surface area contributed by atoms with Crippen LogP contribution in [-0.2, 0) is 32.7 Å². The molecule has 0 unspecified atom stereocenters. The van der Waals surface area contributed by atoms with Crippen LogP contribution in [0.15, 0.2) is 6.07 Å². The third-order valence-electron chi connectivity index (χ3n) is 1.88. The molecule has 0 saturated carbocycles. The summed E-state index contributed by atoms with van der Waals surface area (Å²) < 4.78 is 10.9. The summed E-state index contributed by atoms with van der Waals surface area (Å²) in [7, 11) is 0. The maximum atomic E-state index is 5.45. The van der Waals surface area contributed by atoms with E-state index in [9.17, 15) is 0 Å². The van der Waals surface area contributed by atoms with Crippen molar-refractivity contribution in [3.63, 3.8) is 0 Å². The fourth-order valence-electron chi connectivity index (χ4n) is 1.41. The van der Waals surface area contributed by atoms with Crippen molar-refractivity contribution in [3.8, 4) is 11.5 Å². The van der Waals surface area contributed by atoms with Crippen LogP contribution in [0.1, 0.15) is 66.5 Å². The summed E-state index contributed by atoms with van der Waals surface area (Å²) in [6.45, 7) is 21.3. The van der Waals surface area contributed by atoms with Gasteiger partial charge in [-0.15, -0.1) is 11.6 Å². The molecule has 1 aliphatic heterocycles. The molecule has 2 rings (SSSR count). The number of aryl methyl sites for hydroxylation is 2. The molecule has 1 aromatic rings. The summed E-state index contributed by atoms with van der Waals surface area (Å²) in [4.78, 5) is 0. The Bertz CT molecular complexity index is 312. The third kappa shape index (κ3) is 12.2. The number of hydrogen-bond acceptors (Lipinski definition) is 2. The monoisotopic (exact) mass is 372 g/mol. The van der Waals surface area contributed by atoms with Crippen LogP contribution in [0.2, 0.25) is 0 Å². The van der Waals surface area contributed by atoms with Gasteiger partial charge in [-0.3, -0.25) is 0 Å². The SMILES string of the molecule is CC.CC.CC.CC.Cc1[c-]c2c(c(C)c1)OCCO2.[Y]. The van der Waals surface area contributed by atoms with E-state index in [0.29, 0.717) is 13.2 Å². The maximum absolute atomic E-state index is 5.45. The van der Waals surface area contributed by atoms with Crippen molar-refractivity contribution in [2.45, 2.75) is 69.2 Å². The molecule has 0 bridgehead atoms. The first kappa shape index (κ1) is 29.0. The fourth-order valence-corrected chi connectivity index (χ4v) is 1.41. The normalized spacial score (nSPS) is 9.43. The van der Waals surface area contributed by atoms with E-state index in [1.807, 2.05) is 75.3 Å². The Kier molecular flexibility index (Phi) is 30.7. The van der Waals surface area contributed by atoms with E-state index >= 15 is 0 Å². The average molecular weight is 372 g/mol. The zero-order valence-electron chi connectivity index (χ0n) is 15.9. The molecule has 0 atom stereocenters. The van der Waals surface area contributed by atoms with Crippen LogP contribution in [0.3, 0.4) is 0 Å². The summed E-state index contributed by atoms with van der Waals surface area (Å²) in [6.07, 6.45) is 0. The molecule has 0 amide bonds. The predicted molar refractivity (Wildman–Crippen MR) is 91.1 cm³/mol. The molecular weight excluding hydrogens is 337 g/mol. The van der Waals surface area contributed by atoms with Gasteiger partial charge >= 0.3 is 0 Å². The van der Waals surface area contributed by atoms with E-state index in [4.69, 9.17) is 9.47 Å². The molecule has 21 heavy (non-hydrogen) atoms. The molecule has 0 spiro atoms. The van der Waals surface area contributed by atoms with Crippen molar-refractivity contribution in [2.75, 3.05) is 13.2 Å². The van der Waals surface area contributed by atoms with Crippen molar-refractivity contribution in [3.05, 3.63) is 23.3 Å². The Balaban J connectivity index is -0.000000141. The molecule has 1 radical (unpaired) electrons. The molecular formula is C18H35O2Y-. The largest absolute Gasteiger partial charge is 0.544 e. The van der Waals surface area contributed by atoms with Gasteiger partial charge in [0.2, 0.25) is 0 Å². The van der Waals surface area contributed by atoms with Crippen molar-refractivity contribution in [1.29, 1.82) is 0 Å². The summed E-state index contributed by atoms with van der Waals surface area (Å²) in [5, 5.41) is 0. The molecule has 1 aromatic carbocycles. The zero-order valence-corrected chi connectivity index (χ0v) is 18.7. The van der Waals surface area contributed by atoms with E-state index in [1.54, 1.807) is 0 Å². The van der Waals surface area contributed by atoms with E-state index in [1.165, 1.54) is 0 Å². The smallest absolute Gasteiger partial charge is 0.118 e. The Morgan fingerprint density at radius 2 is 1.24 bits per heavy atom. The maximum Gasteiger partial charge on any atom is 0.118 e. The number of ether oxygens (including phenoxy) is 2. The van der Waals surface area contributed by atoms with Crippen LogP contribution in [0.25, 0.3) is 0 Å². The van der Waals surface area contributed by atoms with E-state index in [-0.39, 0.29) is 32.7 Å². The Hall–Kier alpha value is -0.0761. The van der Waals surface area contributed by atoms with Gasteiger partial charge in [-0.1, -0.05) is 69.2 Å². The quantitative estimate of drug-likeness (QED) is 0.522. The average Bonchev–Trinajstić information content (AvgIpc) is 2.55. The number of fused-ring (bicyclic) bond motifs is 1. The van der Waals surface area contributed by atoms with Crippen LogP contribution in [0, 0.1) is 19.9 Å². The minimum atomic E-state index is 0. The minimum absolute atomic E-state index is 0. The van der Waals surface area contributed by atoms with Crippen LogP contribution >= 0.6 is 0 Å². The van der Waals surface area contributed by atoms with Gasteiger partial charge < -0.3 is 9.47 Å². The topological polar surface area (TPSA) is 18.5 Å². The van der Waals surface area contributed by atoms with Gasteiger partial charge in [0.25, 0.3) is 0 Å². The molecule has 0 aliphatic carbocycles. The van der Waals surface area contributed by atoms with Gasteiger partial charge in [-0.2, -0.15) is 11.6 Å². The summed E-state index contributed by atoms with van der Waals surface area (Å²) in [5.41, 5.74) is 2.22. The van der Waals surface area contributed by atoms with Crippen LogP contribution in [0.5, 0.6) is 11.5 Å². The first-order valence-corrected chi connectivity index (χ1v) is 8.06. The standard InChI is InChI=1S/C10H11O2.4C2H6.Y/c1-7-5-8(2)10-9(6-7)11-3-4-12-10;4*1-2;/h5H,3-4H2,1-2H3;4*1-2H3;/q-1;;;;;. The molecule has 0 fully saturated rings. The molecule has 1 heterocycles. The molecule has 123 valence electrons.